The highest BCUT2D eigenvalue weighted by atomic mass is 16.5. The summed E-state index contributed by atoms with van der Waals surface area (Å²) in [6.07, 6.45) is 0.527. The molecule has 0 spiro atoms. The topological polar surface area (TPSA) is 66.5 Å². The maximum atomic E-state index is 11.1. The number of methoxy groups -OCH3 is 1. The molecule has 18 heavy (non-hydrogen) atoms. The van der Waals surface area contributed by atoms with E-state index in [-0.39, 0.29) is 12.1 Å². The normalized spacial score (nSPS) is 18.6. The van der Waals surface area contributed by atoms with Gasteiger partial charge < -0.3 is 20.3 Å². The summed E-state index contributed by atoms with van der Waals surface area (Å²) in [6.45, 7) is 1.64. The molecule has 1 aliphatic heterocycles. The van der Waals surface area contributed by atoms with Crippen molar-refractivity contribution < 1.29 is 9.53 Å². The van der Waals surface area contributed by atoms with Crippen LogP contribution in [-0.2, 0) is 4.74 Å². The lowest BCUT2D eigenvalue weighted by Gasteiger charge is -2.18. The van der Waals surface area contributed by atoms with Crippen molar-refractivity contribution in [2.24, 2.45) is 0 Å². The standard InChI is InChI=1S/C12H18N4O2/c1-13-10-4-3-5-11(15-10)16-7-6-9(8-16)14-12(17)18-2/h3-5,9H,6-8H2,1-2H3,(H,13,15)(H,14,17). The number of hydrogen-bond donors (Lipinski definition) is 2. The highest BCUT2D eigenvalue weighted by Crippen LogP contribution is 2.19. The van der Waals surface area contributed by atoms with Crippen molar-refractivity contribution in [1.29, 1.82) is 0 Å². The van der Waals surface area contributed by atoms with Gasteiger partial charge in [-0.3, -0.25) is 0 Å². The van der Waals surface area contributed by atoms with Crippen LogP contribution in [0.5, 0.6) is 0 Å². The lowest BCUT2D eigenvalue weighted by Crippen LogP contribution is -2.37. The number of anilines is 2. The van der Waals surface area contributed by atoms with Crippen LogP contribution in [0.3, 0.4) is 0 Å². The van der Waals surface area contributed by atoms with E-state index in [4.69, 9.17) is 0 Å². The molecule has 0 saturated carbocycles. The van der Waals surface area contributed by atoms with Crippen LogP contribution in [0.1, 0.15) is 6.42 Å². The van der Waals surface area contributed by atoms with Crippen molar-refractivity contribution in [3.63, 3.8) is 0 Å². The van der Waals surface area contributed by atoms with Gasteiger partial charge in [-0.1, -0.05) is 6.07 Å². The molecule has 1 aromatic rings. The van der Waals surface area contributed by atoms with Crippen LogP contribution in [0, 0.1) is 0 Å². The third-order valence-corrected chi connectivity index (χ3v) is 3.01. The summed E-state index contributed by atoms with van der Waals surface area (Å²) >= 11 is 0. The molecule has 1 saturated heterocycles. The van der Waals surface area contributed by atoms with Gasteiger partial charge in [0.25, 0.3) is 0 Å². The van der Waals surface area contributed by atoms with Crippen molar-refractivity contribution in [3.05, 3.63) is 18.2 Å². The molecule has 0 radical (unpaired) electrons. The van der Waals surface area contributed by atoms with Gasteiger partial charge in [-0.15, -0.1) is 0 Å². The molecule has 0 aromatic carbocycles. The molecule has 0 aliphatic carbocycles. The quantitative estimate of drug-likeness (QED) is 0.839. The summed E-state index contributed by atoms with van der Waals surface area (Å²) < 4.78 is 4.60. The molecule has 1 unspecified atom stereocenters. The first-order valence-electron chi connectivity index (χ1n) is 5.97. The largest absolute Gasteiger partial charge is 0.453 e. The van der Waals surface area contributed by atoms with Gasteiger partial charge in [-0.2, -0.15) is 0 Å². The number of nitrogens with one attached hydrogen (secondary N) is 2. The number of carbonyl (C=O) groups is 1. The number of aromatic nitrogens is 1. The lowest BCUT2D eigenvalue weighted by molar-refractivity contribution is 0.167. The molecule has 2 heterocycles. The molecule has 1 aromatic heterocycles. The lowest BCUT2D eigenvalue weighted by atomic mass is 10.3. The zero-order valence-corrected chi connectivity index (χ0v) is 10.6. The highest BCUT2D eigenvalue weighted by molar-refractivity contribution is 5.67. The van der Waals surface area contributed by atoms with E-state index in [0.29, 0.717) is 0 Å². The summed E-state index contributed by atoms with van der Waals surface area (Å²) in [6, 6.07) is 5.98. The fraction of sp³-hybridized carbons (Fsp3) is 0.500. The predicted octanol–water partition coefficient (Wildman–Crippen LogP) is 1.06. The van der Waals surface area contributed by atoms with Gasteiger partial charge in [0.15, 0.2) is 0 Å². The number of rotatable bonds is 3. The first kappa shape index (κ1) is 12.5. The number of amides is 1. The second-order valence-electron chi connectivity index (χ2n) is 4.20. The van der Waals surface area contributed by atoms with Crippen molar-refractivity contribution in [3.8, 4) is 0 Å². The molecule has 1 fully saturated rings. The molecular weight excluding hydrogens is 232 g/mol. The summed E-state index contributed by atoms with van der Waals surface area (Å²) in [5.74, 6) is 1.77. The Kier molecular flexibility index (Phi) is 3.86. The van der Waals surface area contributed by atoms with Crippen molar-refractivity contribution in [2.75, 3.05) is 37.5 Å². The summed E-state index contributed by atoms with van der Waals surface area (Å²) in [4.78, 5) is 17.8. The predicted molar refractivity (Wildman–Crippen MR) is 69.9 cm³/mol. The van der Waals surface area contributed by atoms with Gasteiger partial charge in [0.1, 0.15) is 11.6 Å². The van der Waals surface area contributed by atoms with Gasteiger partial charge in [0.2, 0.25) is 0 Å². The molecule has 1 amide bonds. The van der Waals surface area contributed by atoms with Gasteiger partial charge in [-0.05, 0) is 18.6 Å². The van der Waals surface area contributed by atoms with Crippen LogP contribution in [0.2, 0.25) is 0 Å². The Bertz CT molecular complexity index is 424. The summed E-state index contributed by atoms with van der Waals surface area (Å²) in [7, 11) is 3.22. The number of ether oxygens (including phenoxy) is 1. The maximum Gasteiger partial charge on any atom is 0.407 e. The average Bonchev–Trinajstić information content (AvgIpc) is 2.87. The minimum Gasteiger partial charge on any atom is -0.453 e. The molecule has 0 bridgehead atoms. The van der Waals surface area contributed by atoms with E-state index in [2.05, 4.69) is 25.3 Å². The molecule has 2 rings (SSSR count). The Morgan fingerprint density at radius 3 is 3.11 bits per heavy atom. The molecule has 6 heteroatoms. The van der Waals surface area contributed by atoms with Crippen molar-refractivity contribution >= 4 is 17.7 Å². The number of hydrogen-bond acceptors (Lipinski definition) is 5. The minimum atomic E-state index is -0.376. The minimum absolute atomic E-state index is 0.123. The zero-order valence-electron chi connectivity index (χ0n) is 10.6. The molecule has 6 nitrogen and oxygen atoms in total. The first-order chi connectivity index (χ1) is 8.72. The molecular formula is C12H18N4O2. The van der Waals surface area contributed by atoms with E-state index in [1.165, 1.54) is 7.11 Å². The summed E-state index contributed by atoms with van der Waals surface area (Å²) in [5.41, 5.74) is 0. The Morgan fingerprint density at radius 2 is 2.39 bits per heavy atom. The first-order valence-corrected chi connectivity index (χ1v) is 5.97. The fourth-order valence-corrected chi connectivity index (χ4v) is 2.05. The third kappa shape index (κ3) is 2.82. The van der Waals surface area contributed by atoms with E-state index in [1.807, 2.05) is 25.2 Å². The van der Waals surface area contributed by atoms with Crippen LogP contribution in [-0.4, -0.2) is 44.4 Å². The molecule has 2 N–H and O–H groups in total. The van der Waals surface area contributed by atoms with Crippen LogP contribution < -0.4 is 15.5 Å². The van der Waals surface area contributed by atoms with Gasteiger partial charge >= 0.3 is 6.09 Å². The number of alkyl carbamates (subject to hydrolysis) is 1. The Morgan fingerprint density at radius 1 is 1.56 bits per heavy atom. The SMILES string of the molecule is CNc1cccc(N2CCC(NC(=O)OC)C2)n1. The average molecular weight is 250 g/mol. The smallest absolute Gasteiger partial charge is 0.407 e. The second-order valence-corrected chi connectivity index (χ2v) is 4.20. The zero-order chi connectivity index (χ0) is 13.0. The van der Waals surface area contributed by atoms with E-state index in [9.17, 15) is 4.79 Å². The van der Waals surface area contributed by atoms with Crippen LogP contribution in [0.25, 0.3) is 0 Å². The monoisotopic (exact) mass is 250 g/mol. The van der Waals surface area contributed by atoms with Crippen molar-refractivity contribution in [1.82, 2.24) is 10.3 Å². The van der Waals surface area contributed by atoms with Crippen LogP contribution in [0.15, 0.2) is 18.2 Å². The molecule has 98 valence electrons. The Labute approximate surface area is 106 Å². The summed E-state index contributed by atoms with van der Waals surface area (Å²) in [5, 5.41) is 5.83. The van der Waals surface area contributed by atoms with Crippen LogP contribution >= 0.6 is 0 Å². The van der Waals surface area contributed by atoms with E-state index in [1.54, 1.807) is 0 Å². The maximum absolute atomic E-state index is 11.1. The van der Waals surface area contributed by atoms with Gasteiger partial charge in [0, 0.05) is 20.1 Å². The molecule has 1 atom stereocenters. The third-order valence-electron chi connectivity index (χ3n) is 3.01. The van der Waals surface area contributed by atoms with Gasteiger partial charge in [-0.25, -0.2) is 9.78 Å². The molecule has 1 aliphatic rings. The second kappa shape index (κ2) is 5.57. The van der Waals surface area contributed by atoms with Crippen LogP contribution in [0.4, 0.5) is 16.4 Å². The Hall–Kier alpha value is -1.98. The van der Waals surface area contributed by atoms with E-state index < -0.39 is 0 Å². The number of carbonyl (C=O) groups excluding carboxylic acids is 1. The highest BCUT2D eigenvalue weighted by Gasteiger charge is 2.24. The van der Waals surface area contributed by atoms with Gasteiger partial charge in [0.05, 0.1) is 13.2 Å². The van der Waals surface area contributed by atoms with Crippen molar-refractivity contribution in [2.45, 2.75) is 12.5 Å². The van der Waals surface area contributed by atoms with E-state index in [0.717, 1.165) is 31.1 Å². The van der Waals surface area contributed by atoms with E-state index >= 15 is 0 Å². The number of nitrogens with zero attached hydrogens (tertiary/aromatic N) is 2. The fourth-order valence-electron chi connectivity index (χ4n) is 2.05. The Balaban J connectivity index is 1.97. The number of pyridine rings is 1.